The number of carbonyl (C=O) groups is 1. The van der Waals surface area contributed by atoms with Gasteiger partial charge in [0.15, 0.2) is 0 Å². The molecule has 26 heavy (non-hydrogen) atoms. The summed E-state index contributed by atoms with van der Waals surface area (Å²) in [4.78, 5) is 18.1. The second-order valence-corrected chi connectivity index (χ2v) is 10.1. The molecule has 1 amide bonds. The minimum atomic E-state index is -0.281. The summed E-state index contributed by atoms with van der Waals surface area (Å²) >= 11 is 1.79. The fraction of sp³-hybridized carbons (Fsp3) is 0.762. The van der Waals surface area contributed by atoms with Crippen LogP contribution in [0.2, 0.25) is 0 Å². The monoisotopic (exact) mass is 396 g/mol. The van der Waals surface area contributed by atoms with Crippen molar-refractivity contribution in [3.8, 4) is 0 Å². The highest BCUT2D eigenvalue weighted by molar-refractivity contribution is 7.08. The van der Waals surface area contributed by atoms with Crippen LogP contribution in [0.3, 0.4) is 0 Å². The van der Waals surface area contributed by atoms with Gasteiger partial charge >= 0.3 is 0 Å². The lowest BCUT2D eigenvalue weighted by Gasteiger charge is -2.42. The molecule has 1 aromatic rings. The van der Waals surface area contributed by atoms with Crippen LogP contribution in [-0.4, -0.2) is 47.4 Å². The quantitative estimate of drug-likeness (QED) is 0.718. The summed E-state index contributed by atoms with van der Waals surface area (Å²) in [6.45, 7) is 9.47. The minimum absolute atomic E-state index is 0. The first kappa shape index (κ1) is 20.2. The Kier molecular flexibility index (Phi) is 6.05. The third kappa shape index (κ3) is 3.70. The Balaban J connectivity index is 0.00000196. The Morgan fingerprint density at radius 2 is 1.88 bits per heavy atom. The molecule has 0 N–H and O–H groups in total. The van der Waals surface area contributed by atoms with Crippen LogP contribution in [0.1, 0.15) is 64.4 Å². The molecule has 1 saturated carbocycles. The van der Waals surface area contributed by atoms with Crippen molar-refractivity contribution in [3.63, 3.8) is 0 Å². The molecule has 0 unspecified atom stereocenters. The van der Waals surface area contributed by atoms with Crippen LogP contribution in [0.15, 0.2) is 16.8 Å². The molecule has 0 radical (unpaired) electrons. The van der Waals surface area contributed by atoms with Gasteiger partial charge in [-0.05, 0) is 41.7 Å². The number of hydrogen-bond donors (Lipinski definition) is 0. The van der Waals surface area contributed by atoms with Crippen LogP contribution in [0.5, 0.6) is 0 Å². The maximum absolute atomic E-state index is 13.1. The molecule has 2 saturated heterocycles. The normalized spacial score (nSPS) is 30.3. The number of thiophene rings is 1. The third-order valence-electron chi connectivity index (χ3n) is 6.68. The van der Waals surface area contributed by atoms with Gasteiger partial charge in [0.2, 0.25) is 5.91 Å². The van der Waals surface area contributed by atoms with E-state index >= 15 is 0 Å². The zero-order chi connectivity index (χ0) is 17.6. The number of hydrogen-bond acceptors (Lipinski definition) is 3. The van der Waals surface area contributed by atoms with E-state index in [1.165, 1.54) is 44.3 Å². The first-order chi connectivity index (χ1) is 11.9. The lowest BCUT2D eigenvalue weighted by atomic mass is 9.82. The molecule has 3 aliphatic rings. The van der Waals surface area contributed by atoms with Crippen LogP contribution >= 0.6 is 23.7 Å². The molecule has 3 fully saturated rings. The smallest absolute Gasteiger partial charge is 0.228 e. The molecule has 3 heterocycles. The van der Waals surface area contributed by atoms with Gasteiger partial charge in [-0.2, -0.15) is 11.3 Å². The highest BCUT2D eigenvalue weighted by Gasteiger charge is 2.49. The second kappa shape index (κ2) is 7.81. The summed E-state index contributed by atoms with van der Waals surface area (Å²) in [5.41, 5.74) is 1.17. The van der Waals surface area contributed by atoms with Crippen molar-refractivity contribution >= 4 is 29.7 Å². The Bertz CT molecular complexity index is 606. The number of amides is 1. The van der Waals surface area contributed by atoms with Gasteiger partial charge in [-0.1, -0.05) is 33.6 Å². The molecule has 0 aromatic carbocycles. The highest BCUT2D eigenvalue weighted by atomic mass is 35.5. The summed E-state index contributed by atoms with van der Waals surface area (Å²) in [5.74, 6) is 1.47. The van der Waals surface area contributed by atoms with Crippen LogP contribution in [0, 0.1) is 11.3 Å². The van der Waals surface area contributed by atoms with E-state index in [9.17, 15) is 4.79 Å². The van der Waals surface area contributed by atoms with Gasteiger partial charge in [0, 0.05) is 49.0 Å². The average molecular weight is 397 g/mol. The van der Waals surface area contributed by atoms with Gasteiger partial charge in [-0.25, -0.2) is 0 Å². The summed E-state index contributed by atoms with van der Waals surface area (Å²) in [6, 6.07) is 3.53. The molecular formula is C21H33ClN2OS. The van der Waals surface area contributed by atoms with E-state index in [0.717, 1.165) is 19.0 Å². The maximum Gasteiger partial charge on any atom is 0.228 e. The number of rotatable bonds is 2. The van der Waals surface area contributed by atoms with Gasteiger partial charge in [-0.15, -0.1) is 12.4 Å². The fourth-order valence-electron chi connectivity index (χ4n) is 5.36. The second-order valence-electron chi connectivity index (χ2n) is 9.32. The van der Waals surface area contributed by atoms with E-state index in [1.807, 2.05) is 0 Å². The van der Waals surface area contributed by atoms with Crippen molar-refractivity contribution in [1.29, 1.82) is 0 Å². The highest BCUT2D eigenvalue weighted by Crippen LogP contribution is 2.44. The summed E-state index contributed by atoms with van der Waals surface area (Å²) < 4.78 is 0. The maximum atomic E-state index is 13.1. The van der Waals surface area contributed by atoms with Crippen molar-refractivity contribution in [2.45, 2.75) is 70.9 Å². The van der Waals surface area contributed by atoms with E-state index < -0.39 is 0 Å². The molecular weight excluding hydrogens is 364 g/mol. The average Bonchev–Trinajstić information content (AvgIpc) is 3.32. The number of carbonyl (C=O) groups excluding carboxylic acids is 1. The zero-order valence-corrected chi connectivity index (χ0v) is 18.0. The summed E-state index contributed by atoms with van der Waals surface area (Å²) in [7, 11) is 0. The molecule has 1 aliphatic carbocycles. The first-order valence-corrected chi connectivity index (χ1v) is 11.0. The third-order valence-corrected chi connectivity index (χ3v) is 7.38. The molecule has 0 bridgehead atoms. The predicted octanol–water partition coefficient (Wildman–Crippen LogP) is 4.77. The lowest BCUT2D eigenvalue weighted by molar-refractivity contribution is -0.141. The minimum Gasteiger partial charge on any atom is -0.338 e. The number of nitrogens with zero attached hydrogens (tertiary/aromatic N) is 2. The van der Waals surface area contributed by atoms with E-state index in [4.69, 9.17) is 0 Å². The van der Waals surface area contributed by atoms with Crippen LogP contribution in [-0.2, 0) is 4.79 Å². The number of fused-ring (bicyclic) bond motifs is 1. The van der Waals surface area contributed by atoms with Gasteiger partial charge in [0.25, 0.3) is 0 Å². The molecule has 3 nitrogen and oxygen atoms in total. The van der Waals surface area contributed by atoms with Gasteiger partial charge in [0.05, 0.1) is 0 Å². The number of piperidine rings is 1. The largest absolute Gasteiger partial charge is 0.338 e. The van der Waals surface area contributed by atoms with Crippen molar-refractivity contribution in [2.24, 2.45) is 11.3 Å². The predicted molar refractivity (Wildman–Crippen MR) is 111 cm³/mol. The van der Waals surface area contributed by atoms with E-state index in [0.29, 0.717) is 23.8 Å². The van der Waals surface area contributed by atoms with Crippen molar-refractivity contribution in [2.75, 3.05) is 19.6 Å². The fourth-order valence-corrected chi connectivity index (χ4v) is 6.09. The van der Waals surface area contributed by atoms with Crippen LogP contribution in [0.4, 0.5) is 0 Å². The summed E-state index contributed by atoms with van der Waals surface area (Å²) in [6.07, 6.45) is 6.72. The molecule has 2 aliphatic heterocycles. The van der Waals surface area contributed by atoms with E-state index in [2.05, 4.69) is 47.4 Å². The zero-order valence-electron chi connectivity index (χ0n) is 16.3. The Labute approximate surface area is 168 Å². The number of halogens is 1. The molecule has 3 atom stereocenters. The van der Waals surface area contributed by atoms with Crippen LogP contribution < -0.4 is 0 Å². The van der Waals surface area contributed by atoms with Crippen molar-refractivity contribution < 1.29 is 4.79 Å². The Morgan fingerprint density at radius 1 is 1.15 bits per heavy atom. The van der Waals surface area contributed by atoms with Gasteiger partial charge in [0.1, 0.15) is 0 Å². The van der Waals surface area contributed by atoms with Gasteiger partial charge in [-0.3, -0.25) is 9.69 Å². The molecule has 146 valence electrons. The molecule has 5 heteroatoms. The van der Waals surface area contributed by atoms with E-state index in [1.54, 1.807) is 11.3 Å². The summed E-state index contributed by atoms with van der Waals surface area (Å²) in [5, 5.41) is 4.50. The van der Waals surface area contributed by atoms with Crippen molar-refractivity contribution in [1.82, 2.24) is 9.80 Å². The SMILES string of the molecule is CC(C)(C)C(=O)N1C[C@H](c2ccsc2)[C@H]2CN(C3CCCC3)CC[C@H]21.Cl. The Morgan fingerprint density at radius 3 is 2.50 bits per heavy atom. The van der Waals surface area contributed by atoms with Gasteiger partial charge < -0.3 is 4.90 Å². The van der Waals surface area contributed by atoms with Crippen LogP contribution in [0.25, 0.3) is 0 Å². The number of likely N-dealkylation sites (tertiary alicyclic amines) is 2. The molecule has 1 aromatic heterocycles. The molecule has 0 spiro atoms. The lowest BCUT2D eigenvalue weighted by Crippen LogP contribution is -2.52. The first-order valence-electron chi connectivity index (χ1n) is 10.0. The topological polar surface area (TPSA) is 23.6 Å². The standard InChI is InChI=1S/C21H32N2OS.ClH/c1-21(2,3)20(24)23-13-17(15-9-11-25-14-15)18-12-22(10-8-19(18)23)16-6-4-5-7-16;/h9,11,14,16-19H,4-8,10,12-13H2,1-3H3;1H/t17-,18-,19-;/m1./s1. The van der Waals surface area contributed by atoms with Crippen molar-refractivity contribution in [3.05, 3.63) is 22.4 Å². The molecule has 4 rings (SSSR count). The van der Waals surface area contributed by atoms with E-state index in [-0.39, 0.29) is 17.8 Å². The Hall–Kier alpha value is -0.580.